The van der Waals surface area contributed by atoms with E-state index < -0.39 is 0 Å². The zero-order chi connectivity index (χ0) is 16.9. The average molecular weight is 337 g/mol. The van der Waals surface area contributed by atoms with Gasteiger partial charge in [0.1, 0.15) is 5.69 Å². The molecule has 2 aromatic heterocycles. The fourth-order valence-corrected chi connectivity index (χ4v) is 4.19. The highest BCUT2D eigenvalue weighted by Gasteiger charge is 2.46. The van der Waals surface area contributed by atoms with Crippen LogP contribution in [0.3, 0.4) is 0 Å². The minimum Gasteiger partial charge on any atom is -0.320 e. The predicted molar refractivity (Wildman–Crippen MR) is 96.1 cm³/mol. The van der Waals surface area contributed by atoms with Crippen molar-refractivity contribution in [3.05, 3.63) is 64.0 Å². The first-order valence-corrected chi connectivity index (χ1v) is 8.87. The van der Waals surface area contributed by atoms with Gasteiger partial charge in [-0.15, -0.1) is 11.3 Å². The molecule has 24 heavy (non-hydrogen) atoms. The zero-order valence-electron chi connectivity index (χ0n) is 13.9. The molecule has 1 N–H and O–H groups in total. The zero-order valence-corrected chi connectivity index (χ0v) is 14.7. The first-order valence-electron chi connectivity index (χ1n) is 7.99. The first-order chi connectivity index (χ1) is 11.5. The Morgan fingerprint density at radius 2 is 1.88 bits per heavy atom. The van der Waals surface area contributed by atoms with Crippen LogP contribution in [-0.2, 0) is 0 Å². The van der Waals surface area contributed by atoms with Crippen molar-refractivity contribution in [2.75, 3.05) is 0 Å². The van der Waals surface area contributed by atoms with Crippen LogP contribution < -0.4 is 0 Å². The molecular weight excluding hydrogens is 318 g/mol. The Bertz CT molecular complexity index is 875. The van der Waals surface area contributed by atoms with Crippen LogP contribution in [0.1, 0.15) is 47.7 Å². The summed E-state index contributed by atoms with van der Waals surface area (Å²) in [5.41, 5.74) is 3.22. The Kier molecular flexibility index (Phi) is 3.35. The van der Waals surface area contributed by atoms with E-state index in [1.54, 1.807) is 11.3 Å². The number of aromatic amines is 1. The molecule has 0 saturated carbocycles. The van der Waals surface area contributed by atoms with Gasteiger partial charge in [0.15, 0.2) is 0 Å². The van der Waals surface area contributed by atoms with Crippen molar-refractivity contribution in [2.45, 2.75) is 32.4 Å². The van der Waals surface area contributed by atoms with Crippen molar-refractivity contribution >= 4 is 17.2 Å². The monoisotopic (exact) mass is 337 g/mol. The fraction of sp³-hybridized carbons (Fsp3) is 0.263. The number of thiophene rings is 1. The minimum atomic E-state index is -0.278. The molecule has 1 amide bonds. The van der Waals surface area contributed by atoms with Crippen molar-refractivity contribution in [3.8, 4) is 11.3 Å². The molecule has 0 fully saturated rings. The van der Waals surface area contributed by atoms with Gasteiger partial charge in [0.05, 0.1) is 11.7 Å². The van der Waals surface area contributed by atoms with Gasteiger partial charge in [-0.3, -0.25) is 9.89 Å². The third-order valence-electron chi connectivity index (χ3n) is 4.35. The van der Waals surface area contributed by atoms with Gasteiger partial charge in [0, 0.05) is 21.5 Å². The number of hydrogen-bond donors (Lipinski definition) is 1. The van der Waals surface area contributed by atoms with Crippen molar-refractivity contribution < 1.29 is 4.79 Å². The lowest BCUT2D eigenvalue weighted by molar-refractivity contribution is 0.0550. The molecule has 4 rings (SSSR count). The molecule has 3 heterocycles. The van der Waals surface area contributed by atoms with Gasteiger partial charge in [0.2, 0.25) is 0 Å². The number of fused-ring (bicyclic) bond motifs is 1. The van der Waals surface area contributed by atoms with Crippen LogP contribution >= 0.6 is 11.3 Å². The van der Waals surface area contributed by atoms with Crippen LogP contribution in [0.25, 0.3) is 11.3 Å². The third-order valence-corrected chi connectivity index (χ3v) is 5.28. The van der Waals surface area contributed by atoms with Crippen LogP contribution in [0.15, 0.2) is 47.8 Å². The Hall–Kier alpha value is -2.40. The van der Waals surface area contributed by atoms with Crippen LogP contribution in [0.2, 0.25) is 0 Å². The maximum atomic E-state index is 13.1. The van der Waals surface area contributed by atoms with Crippen molar-refractivity contribution in [3.63, 3.8) is 0 Å². The summed E-state index contributed by atoms with van der Waals surface area (Å²) in [6.45, 7) is 6.23. The molecule has 1 aliphatic heterocycles. The lowest BCUT2D eigenvalue weighted by Gasteiger charge is -2.37. The standard InChI is InChI=1S/C19H19N3OS/c1-19(2,3)22-17(13-10-7-11-24-13)14-15(12-8-5-4-6-9-12)20-21-16(14)18(22)23/h4-11,17H,1-3H3,(H,20,21). The molecule has 0 radical (unpaired) electrons. The molecule has 0 bridgehead atoms. The number of nitrogens with one attached hydrogen (secondary N) is 1. The van der Waals surface area contributed by atoms with Gasteiger partial charge in [0.25, 0.3) is 5.91 Å². The number of carbonyl (C=O) groups excluding carboxylic acids is 1. The van der Waals surface area contributed by atoms with Crippen molar-refractivity contribution in [1.82, 2.24) is 15.1 Å². The fourth-order valence-electron chi connectivity index (χ4n) is 3.37. The molecular formula is C19H19N3OS. The SMILES string of the molecule is CC(C)(C)N1C(=O)c2[nH]nc(-c3ccccc3)c2C1c1cccs1. The van der Waals surface area contributed by atoms with Gasteiger partial charge < -0.3 is 4.90 Å². The number of benzene rings is 1. The Morgan fingerprint density at radius 3 is 2.50 bits per heavy atom. The van der Waals surface area contributed by atoms with Crippen molar-refractivity contribution in [2.24, 2.45) is 0 Å². The summed E-state index contributed by atoms with van der Waals surface area (Å²) < 4.78 is 0. The summed E-state index contributed by atoms with van der Waals surface area (Å²) in [5, 5.41) is 9.52. The number of rotatable bonds is 2. The Balaban J connectivity index is 1.94. The summed E-state index contributed by atoms with van der Waals surface area (Å²) in [6.07, 6.45) is 0. The second-order valence-corrected chi connectivity index (χ2v) is 7.97. The first kappa shape index (κ1) is 15.1. The molecule has 5 heteroatoms. The van der Waals surface area contributed by atoms with E-state index in [2.05, 4.69) is 42.4 Å². The predicted octanol–water partition coefficient (Wildman–Crippen LogP) is 4.48. The molecule has 0 spiro atoms. The number of H-pyrrole nitrogens is 1. The molecule has 1 atom stereocenters. The summed E-state index contributed by atoms with van der Waals surface area (Å²) in [5.74, 6) is 0.0191. The Labute approximate surface area is 145 Å². The molecule has 0 aliphatic carbocycles. The number of aromatic nitrogens is 2. The van der Waals surface area contributed by atoms with Crippen molar-refractivity contribution in [1.29, 1.82) is 0 Å². The van der Waals surface area contributed by atoms with Crippen LogP contribution in [0.4, 0.5) is 0 Å². The van der Waals surface area contributed by atoms with E-state index in [4.69, 9.17) is 0 Å². The molecule has 3 aromatic rings. The highest BCUT2D eigenvalue weighted by atomic mass is 32.1. The quantitative estimate of drug-likeness (QED) is 0.749. The van der Waals surface area contributed by atoms with Gasteiger partial charge in [-0.2, -0.15) is 5.10 Å². The van der Waals surface area contributed by atoms with E-state index in [0.29, 0.717) is 5.69 Å². The summed E-state index contributed by atoms with van der Waals surface area (Å²) >= 11 is 1.68. The second kappa shape index (κ2) is 5.31. The van der Waals surface area contributed by atoms with Gasteiger partial charge in [-0.05, 0) is 32.2 Å². The Morgan fingerprint density at radius 1 is 1.12 bits per heavy atom. The van der Waals surface area contributed by atoms with Crippen LogP contribution in [0.5, 0.6) is 0 Å². The summed E-state index contributed by atoms with van der Waals surface area (Å²) in [4.78, 5) is 16.2. The van der Waals surface area contributed by atoms with Gasteiger partial charge in [-0.1, -0.05) is 36.4 Å². The number of carbonyl (C=O) groups is 1. The van der Waals surface area contributed by atoms with E-state index in [-0.39, 0.29) is 17.5 Å². The highest BCUT2D eigenvalue weighted by Crippen LogP contribution is 2.46. The van der Waals surface area contributed by atoms with E-state index in [0.717, 1.165) is 21.7 Å². The van der Waals surface area contributed by atoms with E-state index >= 15 is 0 Å². The number of hydrogen-bond acceptors (Lipinski definition) is 3. The summed E-state index contributed by atoms with van der Waals surface area (Å²) in [7, 11) is 0. The van der Waals surface area contributed by atoms with E-state index in [1.807, 2.05) is 41.3 Å². The lowest BCUT2D eigenvalue weighted by Crippen LogP contribution is -2.44. The van der Waals surface area contributed by atoms with Crippen LogP contribution in [0, 0.1) is 0 Å². The summed E-state index contributed by atoms with van der Waals surface area (Å²) in [6, 6.07) is 14.1. The molecule has 1 unspecified atom stereocenters. The second-order valence-electron chi connectivity index (χ2n) is 6.99. The maximum Gasteiger partial charge on any atom is 0.273 e. The number of nitrogens with zero attached hydrogens (tertiary/aromatic N) is 2. The largest absolute Gasteiger partial charge is 0.320 e. The maximum absolute atomic E-state index is 13.1. The molecule has 4 nitrogen and oxygen atoms in total. The van der Waals surface area contributed by atoms with Crippen LogP contribution in [-0.4, -0.2) is 26.5 Å². The third kappa shape index (κ3) is 2.19. The topological polar surface area (TPSA) is 49.0 Å². The van der Waals surface area contributed by atoms with Gasteiger partial charge >= 0.3 is 0 Å². The molecule has 122 valence electrons. The number of amides is 1. The molecule has 0 saturated heterocycles. The highest BCUT2D eigenvalue weighted by molar-refractivity contribution is 7.10. The van der Waals surface area contributed by atoms with E-state index in [9.17, 15) is 4.79 Å². The lowest BCUT2D eigenvalue weighted by atomic mass is 9.98. The average Bonchev–Trinajstić information content (AvgIpc) is 3.24. The minimum absolute atomic E-state index is 0.0191. The molecule has 1 aliphatic rings. The van der Waals surface area contributed by atoms with Gasteiger partial charge in [-0.25, -0.2) is 0 Å². The smallest absolute Gasteiger partial charge is 0.273 e. The normalized spacial score (nSPS) is 17.4. The molecule has 1 aromatic carbocycles. The van der Waals surface area contributed by atoms with E-state index in [1.165, 1.54) is 0 Å².